The number of nitrogen functional groups attached to an aromatic ring is 1. The predicted octanol–water partition coefficient (Wildman–Crippen LogP) is 2.04. The monoisotopic (exact) mass is 177 g/mol. The van der Waals surface area contributed by atoms with Crippen molar-refractivity contribution in [1.82, 2.24) is 4.98 Å². The number of nitrogens with two attached hydrogens (primary N) is 1. The second kappa shape index (κ2) is 4.50. The lowest BCUT2D eigenvalue weighted by Crippen LogP contribution is -2.06. The van der Waals surface area contributed by atoms with Gasteiger partial charge in [-0.1, -0.05) is 19.1 Å². The summed E-state index contributed by atoms with van der Waals surface area (Å²) in [5.74, 6) is 0.534. The highest BCUT2D eigenvalue weighted by atomic mass is 14.9. The van der Waals surface area contributed by atoms with E-state index in [9.17, 15) is 0 Å². The molecule has 1 rings (SSSR count). The molecule has 0 amide bonds. The van der Waals surface area contributed by atoms with Crippen LogP contribution >= 0.6 is 0 Å². The van der Waals surface area contributed by atoms with E-state index in [1.165, 1.54) is 0 Å². The van der Waals surface area contributed by atoms with Crippen molar-refractivity contribution in [3.8, 4) is 0 Å². The lowest BCUT2D eigenvalue weighted by atomic mass is 10.2. The molecule has 0 aliphatic carbocycles. The first kappa shape index (κ1) is 9.58. The Balaban J connectivity index is 2.54. The fraction of sp³-hybridized carbons (Fsp3) is 0.300. The van der Waals surface area contributed by atoms with E-state index in [2.05, 4.69) is 23.8 Å². The van der Waals surface area contributed by atoms with Gasteiger partial charge in [0.25, 0.3) is 0 Å². The second-order valence-corrected chi connectivity index (χ2v) is 2.89. The number of pyridine rings is 1. The highest BCUT2D eigenvalue weighted by Gasteiger charge is 1.97. The minimum Gasteiger partial charge on any atom is -0.382 e. The minimum absolute atomic E-state index is 0.534. The van der Waals surface area contributed by atoms with Crippen LogP contribution in [-0.4, -0.2) is 11.5 Å². The Morgan fingerprint density at radius 2 is 2.46 bits per heavy atom. The van der Waals surface area contributed by atoms with Crippen molar-refractivity contribution < 1.29 is 0 Å². The highest BCUT2D eigenvalue weighted by Crippen LogP contribution is 2.13. The predicted molar refractivity (Wildman–Crippen MR) is 56.6 cm³/mol. The summed E-state index contributed by atoms with van der Waals surface area (Å²) in [5, 5.41) is 3.18. The van der Waals surface area contributed by atoms with E-state index in [1.54, 1.807) is 6.20 Å². The molecule has 0 unspecified atom stereocenters. The molecule has 3 heteroatoms. The molecule has 0 aliphatic heterocycles. The molecule has 0 aliphatic rings. The summed E-state index contributed by atoms with van der Waals surface area (Å²) >= 11 is 0. The minimum atomic E-state index is 0.534. The van der Waals surface area contributed by atoms with Crippen LogP contribution in [0.25, 0.3) is 0 Å². The van der Waals surface area contributed by atoms with Gasteiger partial charge in [-0.15, -0.1) is 0 Å². The maximum atomic E-state index is 5.64. The van der Waals surface area contributed by atoms with Gasteiger partial charge in [-0.05, 0) is 18.6 Å². The van der Waals surface area contributed by atoms with Gasteiger partial charge < -0.3 is 11.1 Å². The molecular weight excluding hydrogens is 162 g/mol. The van der Waals surface area contributed by atoms with Crippen LogP contribution in [0.1, 0.15) is 13.3 Å². The Morgan fingerprint density at radius 1 is 1.69 bits per heavy atom. The summed E-state index contributed by atoms with van der Waals surface area (Å²) < 4.78 is 0. The average Bonchev–Trinajstić information content (AvgIpc) is 2.16. The third-order valence-corrected chi connectivity index (χ3v) is 1.87. The first-order valence-corrected chi connectivity index (χ1v) is 4.35. The molecule has 1 aromatic rings. The molecule has 0 saturated heterocycles. The Labute approximate surface area is 78.7 Å². The Morgan fingerprint density at radius 3 is 3.08 bits per heavy atom. The van der Waals surface area contributed by atoms with Crippen LogP contribution in [0.5, 0.6) is 0 Å². The molecule has 1 aromatic heterocycles. The topological polar surface area (TPSA) is 50.9 Å². The lowest BCUT2D eigenvalue weighted by Gasteiger charge is -2.08. The van der Waals surface area contributed by atoms with Crippen molar-refractivity contribution in [2.45, 2.75) is 13.3 Å². The molecule has 0 spiro atoms. The van der Waals surface area contributed by atoms with Crippen LogP contribution in [-0.2, 0) is 0 Å². The number of rotatable bonds is 4. The normalized spacial score (nSPS) is 9.62. The van der Waals surface area contributed by atoms with Crippen LogP contribution in [0.4, 0.5) is 11.5 Å². The molecule has 0 bridgehead atoms. The van der Waals surface area contributed by atoms with Gasteiger partial charge in [0.1, 0.15) is 5.82 Å². The Hall–Kier alpha value is -1.51. The van der Waals surface area contributed by atoms with E-state index in [0.717, 1.165) is 24.2 Å². The van der Waals surface area contributed by atoms with E-state index < -0.39 is 0 Å². The molecule has 1 heterocycles. The maximum absolute atomic E-state index is 5.64. The smallest absolute Gasteiger partial charge is 0.146 e. The molecule has 0 saturated carbocycles. The summed E-state index contributed by atoms with van der Waals surface area (Å²) in [6.07, 6.45) is 2.66. The van der Waals surface area contributed by atoms with Crippen LogP contribution in [0.3, 0.4) is 0 Å². The van der Waals surface area contributed by atoms with Gasteiger partial charge in [-0.2, -0.15) is 0 Å². The van der Waals surface area contributed by atoms with Crippen molar-refractivity contribution in [3.63, 3.8) is 0 Å². The molecule has 3 N–H and O–H groups in total. The maximum Gasteiger partial charge on any atom is 0.146 e. The van der Waals surface area contributed by atoms with Crippen molar-refractivity contribution in [2.24, 2.45) is 0 Å². The number of nitrogens with zero attached hydrogens (tertiary/aromatic N) is 1. The summed E-state index contributed by atoms with van der Waals surface area (Å²) in [6.45, 7) is 6.73. The summed E-state index contributed by atoms with van der Waals surface area (Å²) in [6, 6.07) is 3.76. The SMILES string of the molecule is C=C(CC)CNc1cccnc1N. The molecule has 3 nitrogen and oxygen atoms in total. The molecule has 0 radical (unpaired) electrons. The summed E-state index contributed by atoms with van der Waals surface area (Å²) in [7, 11) is 0. The highest BCUT2D eigenvalue weighted by molar-refractivity contribution is 5.61. The largest absolute Gasteiger partial charge is 0.382 e. The average molecular weight is 177 g/mol. The summed E-state index contributed by atoms with van der Waals surface area (Å²) in [5.41, 5.74) is 7.67. The van der Waals surface area contributed by atoms with E-state index >= 15 is 0 Å². The first-order valence-electron chi connectivity index (χ1n) is 4.35. The van der Waals surface area contributed by atoms with E-state index in [1.807, 2.05) is 12.1 Å². The van der Waals surface area contributed by atoms with Gasteiger partial charge in [-0.25, -0.2) is 4.98 Å². The van der Waals surface area contributed by atoms with E-state index in [4.69, 9.17) is 5.73 Å². The van der Waals surface area contributed by atoms with Crippen LogP contribution < -0.4 is 11.1 Å². The van der Waals surface area contributed by atoms with Gasteiger partial charge in [0.2, 0.25) is 0 Å². The molecule has 0 atom stereocenters. The zero-order valence-corrected chi connectivity index (χ0v) is 7.88. The fourth-order valence-corrected chi connectivity index (χ4v) is 0.912. The summed E-state index contributed by atoms with van der Waals surface area (Å²) in [4.78, 5) is 3.97. The molecular formula is C10H15N3. The van der Waals surface area contributed by atoms with Crippen molar-refractivity contribution in [3.05, 3.63) is 30.5 Å². The van der Waals surface area contributed by atoms with Crippen LogP contribution in [0.2, 0.25) is 0 Å². The van der Waals surface area contributed by atoms with E-state index in [-0.39, 0.29) is 0 Å². The Bertz CT molecular complexity index is 294. The molecule has 0 aromatic carbocycles. The van der Waals surface area contributed by atoms with Gasteiger partial charge in [-0.3, -0.25) is 0 Å². The van der Waals surface area contributed by atoms with Crippen molar-refractivity contribution in [1.29, 1.82) is 0 Å². The standard InChI is InChI=1S/C10H15N3/c1-3-8(2)7-13-9-5-4-6-12-10(9)11/h4-6,13H,2-3,7H2,1H3,(H2,11,12). The number of hydrogen-bond donors (Lipinski definition) is 2. The molecule has 0 fully saturated rings. The second-order valence-electron chi connectivity index (χ2n) is 2.89. The number of hydrogen-bond acceptors (Lipinski definition) is 3. The zero-order chi connectivity index (χ0) is 9.68. The van der Waals surface area contributed by atoms with Crippen LogP contribution in [0.15, 0.2) is 30.5 Å². The molecule has 70 valence electrons. The number of aromatic nitrogens is 1. The van der Waals surface area contributed by atoms with Crippen LogP contribution in [0, 0.1) is 0 Å². The van der Waals surface area contributed by atoms with Crippen molar-refractivity contribution in [2.75, 3.05) is 17.6 Å². The lowest BCUT2D eigenvalue weighted by molar-refractivity contribution is 1.05. The third-order valence-electron chi connectivity index (χ3n) is 1.87. The van der Waals surface area contributed by atoms with E-state index in [0.29, 0.717) is 5.82 Å². The number of anilines is 2. The van der Waals surface area contributed by atoms with Gasteiger partial charge in [0.05, 0.1) is 5.69 Å². The number of nitrogens with one attached hydrogen (secondary N) is 1. The van der Waals surface area contributed by atoms with Gasteiger partial charge in [0, 0.05) is 12.7 Å². The molecule has 13 heavy (non-hydrogen) atoms. The fourth-order valence-electron chi connectivity index (χ4n) is 0.912. The zero-order valence-electron chi connectivity index (χ0n) is 7.88. The first-order chi connectivity index (χ1) is 6.24. The Kier molecular flexibility index (Phi) is 3.31. The van der Waals surface area contributed by atoms with Gasteiger partial charge in [0.15, 0.2) is 0 Å². The van der Waals surface area contributed by atoms with Crippen molar-refractivity contribution >= 4 is 11.5 Å². The van der Waals surface area contributed by atoms with Gasteiger partial charge >= 0.3 is 0 Å². The quantitative estimate of drug-likeness (QED) is 0.692. The third kappa shape index (κ3) is 2.78.